The Balaban J connectivity index is 1.33. The van der Waals surface area contributed by atoms with Crippen molar-refractivity contribution in [3.05, 3.63) is 36.5 Å². The van der Waals surface area contributed by atoms with Crippen LogP contribution in [0.25, 0.3) is 10.9 Å². The Morgan fingerprint density at radius 3 is 3.11 bits per heavy atom. The summed E-state index contributed by atoms with van der Waals surface area (Å²) >= 11 is 0. The molecule has 6 nitrogen and oxygen atoms in total. The van der Waals surface area contributed by atoms with Crippen molar-refractivity contribution in [3.63, 3.8) is 0 Å². The maximum absolute atomic E-state index is 13.5. The van der Waals surface area contributed by atoms with Crippen LogP contribution >= 0.6 is 0 Å². The number of nitrogens with one attached hydrogen (secondary N) is 1. The maximum Gasteiger partial charge on any atom is 0.237 e. The summed E-state index contributed by atoms with van der Waals surface area (Å²) < 4.78 is 13.5. The number of benzene rings is 1. The molecule has 140 valence electrons. The molecule has 1 amide bonds. The smallest absolute Gasteiger partial charge is 0.237 e. The lowest BCUT2D eigenvalue weighted by atomic mass is 10.2. The van der Waals surface area contributed by atoms with Crippen molar-refractivity contribution in [3.8, 4) is 6.07 Å². The first-order valence-electron chi connectivity index (χ1n) is 9.29. The van der Waals surface area contributed by atoms with Crippen molar-refractivity contribution in [1.82, 2.24) is 14.8 Å². The zero-order chi connectivity index (χ0) is 18.8. The molecule has 2 fully saturated rings. The first kappa shape index (κ1) is 17.7. The second-order valence-corrected chi connectivity index (χ2v) is 7.30. The molecule has 2 aromatic rings. The molecule has 2 aliphatic heterocycles. The number of carbonyl (C=O) groups excluding carboxylic acids is 1. The minimum absolute atomic E-state index is 0.0394. The molecule has 0 bridgehead atoms. The number of hydrogen-bond donors (Lipinski definition) is 1. The SMILES string of the molecule is N#C[C@@H]1C[C@H](F)CN1C(=O)CN1CC[C@H](Nc2ccc3ncccc3c2)C1. The highest BCUT2D eigenvalue weighted by Gasteiger charge is 2.36. The minimum atomic E-state index is -1.09. The Bertz CT molecular complexity index is 882. The number of amides is 1. The summed E-state index contributed by atoms with van der Waals surface area (Å²) in [6.45, 7) is 1.84. The number of likely N-dealkylation sites (tertiary alicyclic amines) is 2. The number of hydrogen-bond acceptors (Lipinski definition) is 5. The van der Waals surface area contributed by atoms with Gasteiger partial charge in [-0.05, 0) is 30.7 Å². The van der Waals surface area contributed by atoms with Gasteiger partial charge in [-0.1, -0.05) is 6.07 Å². The van der Waals surface area contributed by atoms with Crippen LogP contribution in [-0.4, -0.2) is 65.1 Å². The maximum atomic E-state index is 13.5. The molecule has 1 aromatic heterocycles. The number of anilines is 1. The largest absolute Gasteiger partial charge is 0.381 e. The van der Waals surface area contributed by atoms with Gasteiger partial charge in [-0.25, -0.2) is 4.39 Å². The number of nitriles is 1. The third-order valence-corrected chi connectivity index (χ3v) is 5.32. The summed E-state index contributed by atoms with van der Waals surface area (Å²) in [5.74, 6) is -0.154. The fourth-order valence-corrected chi connectivity index (χ4v) is 3.96. The van der Waals surface area contributed by atoms with Crippen molar-refractivity contribution < 1.29 is 9.18 Å². The Morgan fingerprint density at radius 2 is 2.26 bits per heavy atom. The first-order valence-corrected chi connectivity index (χ1v) is 9.29. The molecular weight excluding hydrogens is 345 g/mol. The topological polar surface area (TPSA) is 72.3 Å². The van der Waals surface area contributed by atoms with Gasteiger partial charge in [0.15, 0.2) is 0 Å². The van der Waals surface area contributed by atoms with E-state index in [1.807, 2.05) is 30.3 Å². The molecule has 0 spiro atoms. The fourth-order valence-electron chi connectivity index (χ4n) is 3.96. The van der Waals surface area contributed by atoms with E-state index in [9.17, 15) is 9.18 Å². The number of alkyl halides is 1. The van der Waals surface area contributed by atoms with E-state index < -0.39 is 12.2 Å². The van der Waals surface area contributed by atoms with Crippen LogP contribution in [0.4, 0.5) is 10.1 Å². The Kier molecular flexibility index (Phi) is 4.90. The van der Waals surface area contributed by atoms with Crippen molar-refractivity contribution in [2.75, 3.05) is 31.5 Å². The van der Waals surface area contributed by atoms with Crippen molar-refractivity contribution in [1.29, 1.82) is 5.26 Å². The van der Waals surface area contributed by atoms with E-state index in [-0.39, 0.29) is 31.5 Å². The minimum Gasteiger partial charge on any atom is -0.381 e. The quantitative estimate of drug-likeness (QED) is 0.897. The van der Waals surface area contributed by atoms with E-state index in [4.69, 9.17) is 5.26 Å². The molecule has 1 aromatic carbocycles. The second-order valence-electron chi connectivity index (χ2n) is 7.30. The van der Waals surface area contributed by atoms with Crippen LogP contribution in [0.2, 0.25) is 0 Å². The van der Waals surface area contributed by atoms with Crippen LogP contribution < -0.4 is 5.32 Å². The first-order chi connectivity index (χ1) is 13.1. The van der Waals surface area contributed by atoms with Gasteiger partial charge in [0.25, 0.3) is 0 Å². The Morgan fingerprint density at radius 1 is 1.37 bits per heavy atom. The fraction of sp³-hybridized carbons (Fsp3) is 0.450. The molecule has 2 saturated heterocycles. The molecule has 0 aliphatic carbocycles. The lowest BCUT2D eigenvalue weighted by Crippen LogP contribution is -2.42. The molecule has 2 aliphatic rings. The van der Waals surface area contributed by atoms with Crippen molar-refractivity contribution >= 4 is 22.5 Å². The van der Waals surface area contributed by atoms with Crippen LogP contribution in [0.15, 0.2) is 36.5 Å². The summed E-state index contributed by atoms with van der Waals surface area (Å²) in [7, 11) is 0. The highest BCUT2D eigenvalue weighted by molar-refractivity contribution is 5.82. The number of fused-ring (bicyclic) bond motifs is 1. The van der Waals surface area contributed by atoms with E-state index in [1.54, 1.807) is 6.20 Å². The van der Waals surface area contributed by atoms with Gasteiger partial charge in [-0.3, -0.25) is 14.7 Å². The van der Waals surface area contributed by atoms with Gasteiger partial charge in [0.2, 0.25) is 5.91 Å². The Labute approximate surface area is 157 Å². The average Bonchev–Trinajstić information content (AvgIpc) is 3.27. The summed E-state index contributed by atoms with van der Waals surface area (Å²) in [5.41, 5.74) is 2.00. The summed E-state index contributed by atoms with van der Waals surface area (Å²) in [6.07, 6.45) is 1.76. The van der Waals surface area contributed by atoms with Gasteiger partial charge in [-0.15, -0.1) is 0 Å². The molecule has 27 heavy (non-hydrogen) atoms. The van der Waals surface area contributed by atoms with Gasteiger partial charge in [0.1, 0.15) is 12.2 Å². The van der Waals surface area contributed by atoms with E-state index in [0.29, 0.717) is 0 Å². The number of pyridine rings is 1. The normalized spacial score (nSPS) is 25.6. The Hall–Kier alpha value is -2.72. The van der Waals surface area contributed by atoms with Crippen molar-refractivity contribution in [2.45, 2.75) is 31.1 Å². The van der Waals surface area contributed by atoms with E-state index in [0.717, 1.165) is 36.1 Å². The highest BCUT2D eigenvalue weighted by Crippen LogP contribution is 2.22. The van der Waals surface area contributed by atoms with E-state index in [1.165, 1.54) is 4.90 Å². The second kappa shape index (κ2) is 7.49. The van der Waals surface area contributed by atoms with E-state index in [2.05, 4.69) is 21.3 Å². The number of carbonyl (C=O) groups is 1. The average molecular weight is 367 g/mol. The molecule has 0 saturated carbocycles. The van der Waals surface area contributed by atoms with Gasteiger partial charge in [0.05, 0.1) is 24.7 Å². The monoisotopic (exact) mass is 367 g/mol. The molecular formula is C20H22FN5O. The van der Waals surface area contributed by atoms with Gasteiger partial charge in [0, 0.05) is 42.8 Å². The number of nitrogens with zero attached hydrogens (tertiary/aromatic N) is 4. The van der Waals surface area contributed by atoms with Crippen LogP contribution in [0.5, 0.6) is 0 Å². The number of aromatic nitrogens is 1. The summed E-state index contributed by atoms with van der Waals surface area (Å²) in [4.78, 5) is 20.3. The highest BCUT2D eigenvalue weighted by atomic mass is 19.1. The molecule has 0 unspecified atom stereocenters. The van der Waals surface area contributed by atoms with Crippen LogP contribution in [0.1, 0.15) is 12.8 Å². The summed E-state index contributed by atoms with van der Waals surface area (Å²) in [5, 5.41) is 13.7. The predicted molar refractivity (Wildman–Crippen MR) is 101 cm³/mol. The zero-order valence-corrected chi connectivity index (χ0v) is 15.0. The molecule has 3 atom stereocenters. The van der Waals surface area contributed by atoms with Crippen molar-refractivity contribution in [2.24, 2.45) is 0 Å². The predicted octanol–water partition coefficient (Wildman–Crippen LogP) is 2.18. The molecule has 7 heteroatoms. The standard InChI is InChI=1S/C20H22FN5O/c21-15-9-18(10-22)26(11-15)20(27)13-25-7-5-17(12-25)24-16-3-4-19-14(8-16)2-1-6-23-19/h1-4,6,8,15,17-18,24H,5,7,9,11-13H2/t15-,17-,18-/m0/s1. The number of halogens is 1. The van der Waals surface area contributed by atoms with Gasteiger partial charge >= 0.3 is 0 Å². The summed E-state index contributed by atoms with van der Waals surface area (Å²) in [6, 6.07) is 11.7. The van der Waals surface area contributed by atoms with Crippen LogP contribution in [0, 0.1) is 11.3 Å². The van der Waals surface area contributed by atoms with Crippen LogP contribution in [-0.2, 0) is 4.79 Å². The molecule has 4 rings (SSSR count). The third kappa shape index (κ3) is 3.86. The lowest BCUT2D eigenvalue weighted by Gasteiger charge is -2.23. The lowest BCUT2D eigenvalue weighted by molar-refractivity contribution is -0.132. The molecule has 3 heterocycles. The van der Waals surface area contributed by atoms with Gasteiger partial charge in [-0.2, -0.15) is 5.26 Å². The van der Waals surface area contributed by atoms with E-state index >= 15 is 0 Å². The molecule has 0 radical (unpaired) electrons. The van der Waals surface area contributed by atoms with Gasteiger partial charge < -0.3 is 10.2 Å². The third-order valence-electron chi connectivity index (χ3n) is 5.32. The molecule has 1 N–H and O–H groups in total. The van der Waals surface area contributed by atoms with Crippen LogP contribution in [0.3, 0.4) is 0 Å². The number of rotatable bonds is 4. The zero-order valence-electron chi connectivity index (χ0n) is 15.0.